The van der Waals surface area contributed by atoms with E-state index < -0.39 is 5.78 Å². The highest BCUT2D eigenvalue weighted by atomic mass is 16.2. The van der Waals surface area contributed by atoms with E-state index in [1.54, 1.807) is 6.92 Å². The molecule has 0 heterocycles. The van der Waals surface area contributed by atoms with Crippen molar-refractivity contribution in [2.45, 2.75) is 20.3 Å². The third-order valence-electron chi connectivity index (χ3n) is 1.81. The molecule has 0 fully saturated rings. The molecule has 0 radical (unpaired) electrons. The molecule has 0 spiro atoms. The molecule has 0 aliphatic rings. The zero-order valence-corrected chi connectivity index (χ0v) is 9.30. The van der Waals surface area contributed by atoms with Gasteiger partial charge in [0.05, 0.1) is 0 Å². The first-order valence-corrected chi connectivity index (χ1v) is 5.05. The summed E-state index contributed by atoms with van der Waals surface area (Å²) < 4.78 is 0. The molecule has 0 aliphatic carbocycles. The van der Waals surface area contributed by atoms with Crippen LogP contribution >= 0.6 is 0 Å². The third-order valence-corrected chi connectivity index (χ3v) is 1.81. The molecule has 0 atom stereocenters. The van der Waals surface area contributed by atoms with Crippen molar-refractivity contribution in [2.24, 2.45) is 5.73 Å². The number of Topliss-reactive ketones (excluding diaryl/α,β-unsaturated/α-hetero) is 1. The predicted octanol–water partition coefficient (Wildman–Crippen LogP) is -0.466. The number of ketones is 1. The Labute approximate surface area is 90.1 Å². The van der Waals surface area contributed by atoms with Crippen LogP contribution < -0.4 is 16.4 Å². The zero-order chi connectivity index (χ0) is 11.7. The Morgan fingerprint density at radius 1 is 1.33 bits per heavy atom. The fraction of sp³-hybridized carbons (Fsp3) is 0.600. The SMILES string of the molecule is CCCN/C(C(=O)C=O)=C(/C)NCCN. The summed E-state index contributed by atoms with van der Waals surface area (Å²) in [5.74, 6) is -0.537. The minimum absolute atomic E-state index is 0.311. The minimum Gasteiger partial charge on any atom is -0.386 e. The molecule has 0 saturated carbocycles. The number of allylic oxidation sites excluding steroid dienone is 2. The van der Waals surface area contributed by atoms with E-state index in [1.807, 2.05) is 6.92 Å². The molecule has 0 bridgehead atoms. The molecule has 0 aromatic carbocycles. The van der Waals surface area contributed by atoms with Crippen molar-refractivity contribution in [1.82, 2.24) is 10.6 Å². The van der Waals surface area contributed by atoms with Crippen molar-refractivity contribution in [2.75, 3.05) is 19.6 Å². The van der Waals surface area contributed by atoms with E-state index in [0.717, 1.165) is 6.42 Å². The average molecular weight is 213 g/mol. The number of nitrogens with two attached hydrogens (primary N) is 1. The summed E-state index contributed by atoms with van der Waals surface area (Å²) in [7, 11) is 0. The van der Waals surface area contributed by atoms with Crippen molar-refractivity contribution in [1.29, 1.82) is 0 Å². The molecular formula is C10H19N3O2. The quantitative estimate of drug-likeness (QED) is 0.288. The molecular weight excluding hydrogens is 194 g/mol. The fourth-order valence-corrected chi connectivity index (χ4v) is 1.06. The van der Waals surface area contributed by atoms with Gasteiger partial charge in [0, 0.05) is 25.3 Å². The van der Waals surface area contributed by atoms with E-state index in [1.165, 1.54) is 0 Å². The van der Waals surface area contributed by atoms with Gasteiger partial charge in [-0.05, 0) is 13.3 Å². The largest absolute Gasteiger partial charge is 0.386 e. The van der Waals surface area contributed by atoms with Gasteiger partial charge in [-0.3, -0.25) is 9.59 Å². The lowest BCUT2D eigenvalue weighted by molar-refractivity contribution is -0.127. The Kier molecular flexibility index (Phi) is 7.27. The van der Waals surface area contributed by atoms with Crippen LogP contribution in [0.15, 0.2) is 11.4 Å². The first kappa shape index (κ1) is 13.6. The molecule has 0 unspecified atom stereocenters. The number of carbonyl (C=O) groups is 2. The second-order valence-electron chi connectivity index (χ2n) is 3.12. The van der Waals surface area contributed by atoms with Crippen LogP contribution in [0.1, 0.15) is 20.3 Å². The summed E-state index contributed by atoms with van der Waals surface area (Å²) in [5.41, 5.74) is 6.32. The van der Waals surface area contributed by atoms with E-state index in [2.05, 4.69) is 10.6 Å². The topological polar surface area (TPSA) is 84.2 Å². The van der Waals surface area contributed by atoms with E-state index in [4.69, 9.17) is 5.73 Å². The van der Waals surface area contributed by atoms with Gasteiger partial charge in [0.25, 0.3) is 0 Å². The maximum Gasteiger partial charge on any atom is 0.242 e. The molecule has 15 heavy (non-hydrogen) atoms. The van der Waals surface area contributed by atoms with Crippen LogP contribution in [0.4, 0.5) is 0 Å². The molecule has 0 amide bonds. The Morgan fingerprint density at radius 3 is 2.47 bits per heavy atom. The molecule has 0 aromatic heterocycles. The first-order valence-electron chi connectivity index (χ1n) is 5.05. The Morgan fingerprint density at radius 2 is 2.00 bits per heavy atom. The van der Waals surface area contributed by atoms with Gasteiger partial charge >= 0.3 is 0 Å². The monoisotopic (exact) mass is 213 g/mol. The molecule has 0 rings (SSSR count). The number of rotatable bonds is 8. The number of aldehydes is 1. The smallest absolute Gasteiger partial charge is 0.242 e. The van der Waals surface area contributed by atoms with Crippen LogP contribution in [0.3, 0.4) is 0 Å². The lowest BCUT2D eigenvalue weighted by Gasteiger charge is -2.12. The molecule has 5 nitrogen and oxygen atoms in total. The third kappa shape index (κ3) is 5.17. The Balaban J connectivity index is 4.56. The van der Waals surface area contributed by atoms with E-state index in [9.17, 15) is 9.59 Å². The van der Waals surface area contributed by atoms with Gasteiger partial charge in [-0.2, -0.15) is 0 Å². The second kappa shape index (κ2) is 7.99. The van der Waals surface area contributed by atoms with Gasteiger partial charge in [-0.15, -0.1) is 0 Å². The molecule has 86 valence electrons. The summed E-state index contributed by atoms with van der Waals surface area (Å²) in [4.78, 5) is 21.7. The molecule has 4 N–H and O–H groups in total. The van der Waals surface area contributed by atoms with Gasteiger partial charge in [-0.1, -0.05) is 6.92 Å². The lowest BCUT2D eigenvalue weighted by Crippen LogP contribution is -2.29. The van der Waals surface area contributed by atoms with Crippen LogP contribution in [0.5, 0.6) is 0 Å². The van der Waals surface area contributed by atoms with Gasteiger partial charge in [0.1, 0.15) is 5.70 Å². The molecule has 0 aromatic rings. The maximum absolute atomic E-state index is 11.3. The molecule has 5 heteroatoms. The lowest BCUT2D eigenvalue weighted by atomic mass is 10.2. The minimum atomic E-state index is -0.537. The van der Waals surface area contributed by atoms with Crippen molar-refractivity contribution < 1.29 is 9.59 Å². The Bertz CT molecular complexity index is 249. The van der Waals surface area contributed by atoms with E-state index in [-0.39, 0.29) is 0 Å². The van der Waals surface area contributed by atoms with Crippen LogP contribution in [-0.2, 0) is 9.59 Å². The van der Waals surface area contributed by atoms with Crippen LogP contribution in [0.2, 0.25) is 0 Å². The van der Waals surface area contributed by atoms with Gasteiger partial charge in [0.15, 0.2) is 6.29 Å². The van der Waals surface area contributed by atoms with Crippen molar-refractivity contribution >= 4 is 12.1 Å². The summed E-state index contributed by atoms with van der Waals surface area (Å²) in [5, 5.41) is 5.89. The van der Waals surface area contributed by atoms with Crippen molar-refractivity contribution in [3.63, 3.8) is 0 Å². The van der Waals surface area contributed by atoms with Crippen LogP contribution in [0, 0.1) is 0 Å². The summed E-state index contributed by atoms with van der Waals surface area (Å²) in [6.07, 6.45) is 1.20. The van der Waals surface area contributed by atoms with E-state index >= 15 is 0 Å². The second-order valence-corrected chi connectivity index (χ2v) is 3.12. The molecule has 0 aliphatic heterocycles. The molecule has 0 saturated heterocycles. The highest BCUT2D eigenvalue weighted by Crippen LogP contribution is 1.98. The summed E-state index contributed by atoms with van der Waals surface area (Å²) in [6, 6.07) is 0. The summed E-state index contributed by atoms with van der Waals surface area (Å²) >= 11 is 0. The van der Waals surface area contributed by atoms with Gasteiger partial charge in [-0.25, -0.2) is 0 Å². The highest BCUT2D eigenvalue weighted by molar-refractivity contribution is 6.32. The van der Waals surface area contributed by atoms with Crippen molar-refractivity contribution in [3.8, 4) is 0 Å². The first-order chi connectivity index (χ1) is 7.17. The standard InChI is InChI=1S/C10H19N3O2/c1-3-5-13-10(9(15)7-14)8(2)12-6-4-11/h7,12-13H,3-6,11H2,1-2H3/b10-8-. The van der Waals surface area contributed by atoms with Gasteiger partial charge < -0.3 is 16.4 Å². The predicted molar refractivity (Wildman–Crippen MR) is 59.1 cm³/mol. The number of hydrogen-bond donors (Lipinski definition) is 3. The summed E-state index contributed by atoms with van der Waals surface area (Å²) in [6.45, 7) is 5.45. The fourth-order valence-electron chi connectivity index (χ4n) is 1.06. The number of nitrogens with one attached hydrogen (secondary N) is 2. The number of carbonyl (C=O) groups excluding carboxylic acids is 2. The Hall–Kier alpha value is -1.36. The highest BCUT2D eigenvalue weighted by Gasteiger charge is 2.10. The van der Waals surface area contributed by atoms with Gasteiger partial charge in [0.2, 0.25) is 5.78 Å². The normalized spacial score (nSPS) is 11.7. The average Bonchev–Trinajstić information content (AvgIpc) is 2.26. The van der Waals surface area contributed by atoms with E-state index in [0.29, 0.717) is 37.3 Å². The van der Waals surface area contributed by atoms with Crippen LogP contribution in [0.25, 0.3) is 0 Å². The van der Waals surface area contributed by atoms with Crippen molar-refractivity contribution in [3.05, 3.63) is 11.4 Å². The van der Waals surface area contributed by atoms with Crippen LogP contribution in [-0.4, -0.2) is 31.7 Å². The number of hydrogen-bond acceptors (Lipinski definition) is 5. The zero-order valence-electron chi connectivity index (χ0n) is 9.30. The maximum atomic E-state index is 11.3.